The molecule has 0 aliphatic heterocycles. The highest BCUT2D eigenvalue weighted by Gasteiger charge is 2.21. The highest BCUT2D eigenvalue weighted by atomic mass is 16.6. The summed E-state index contributed by atoms with van der Waals surface area (Å²) in [4.78, 5) is 44.9. The second kappa shape index (κ2) is 8.79. The van der Waals surface area contributed by atoms with E-state index in [1.165, 1.54) is 12.1 Å². The molecule has 0 atom stereocenters. The fourth-order valence-electron chi connectivity index (χ4n) is 2.75. The number of benzene rings is 2. The van der Waals surface area contributed by atoms with Gasteiger partial charge in [-0.3, -0.25) is 14.9 Å². The summed E-state index contributed by atoms with van der Waals surface area (Å²) in [6, 6.07) is 11.7. The third-order valence-electron chi connectivity index (χ3n) is 4.27. The molecular weight excluding hydrogens is 380 g/mol. The molecule has 3 N–H and O–H groups in total. The summed E-state index contributed by atoms with van der Waals surface area (Å²) in [5, 5.41) is 28.8. The van der Waals surface area contributed by atoms with E-state index in [-0.39, 0.29) is 16.9 Å². The number of hydrogen-bond acceptors (Lipinski definition) is 5. The van der Waals surface area contributed by atoms with Crippen LogP contribution in [-0.2, 0) is 16.0 Å². The Labute approximate surface area is 164 Å². The van der Waals surface area contributed by atoms with E-state index in [2.05, 4.69) is 4.98 Å². The summed E-state index contributed by atoms with van der Waals surface area (Å²) in [5.41, 5.74) is 2.65. The van der Waals surface area contributed by atoms with Gasteiger partial charge in [0.25, 0.3) is 5.69 Å². The number of aryl methyl sites for hydroxylation is 2. The summed E-state index contributed by atoms with van der Waals surface area (Å²) in [6.07, 6.45) is -0.460. The normalized spacial score (nSPS) is 10.1. The zero-order valence-corrected chi connectivity index (χ0v) is 15.6. The summed E-state index contributed by atoms with van der Waals surface area (Å²) < 4.78 is 0. The average molecular weight is 398 g/mol. The van der Waals surface area contributed by atoms with E-state index >= 15 is 0 Å². The molecule has 3 rings (SSSR count). The lowest BCUT2D eigenvalue weighted by atomic mass is 10.0. The maximum Gasteiger partial charge on any atom is 0.372 e. The zero-order chi connectivity index (χ0) is 21.7. The Morgan fingerprint density at radius 3 is 2.21 bits per heavy atom. The molecule has 1 aromatic heterocycles. The monoisotopic (exact) mass is 398 g/mol. The van der Waals surface area contributed by atoms with Gasteiger partial charge < -0.3 is 15.2 Å². The Balaban J connectivity index is 0.000000211. The molecule has 0 amide bonds. The Morgan fingerprint density at radius 2 is 1.66 bits per heavy atom. The van der Waals surface area contributed by atoms with Crippen LogP contribution in [0.15, 0.2) is 42.5 Å². The van der Waals surface area contributed by atoms with Crippen molar-refractivity contribution in [1.82, 2.24) is 4.98 Å². The topological polar surface area (TPSA) is 151 Å². The van der Waals surface area contributed by atoms with Crippen LogP contribution in [0.4, 0.5) is 5.69 Å². The molecule has 29 heavy (non-hydrogen) atoms. The van der Waals surface area contributed by atoms with Gasteiger partial charge in [-0.05, 0) is 37.1 Å². The quantitative estimate of drug-likeness (QED) is 0.339. The first-order valence-electron chi connectivity index (χ1n) is 8.42. The highest BCUT2D eigenvalue weighted by Crippen LogP contribution is 2.22. The second-order valence-electron chi connectivity index (χ2n) is 6.26. The van der Waals surface area contributed by atoms with Gasteiger partial charge in [-0.2, -0.15) is 0 Å². The minimum absolute atomic E-state index is 0.153. The fraction of sp³-hybridized carbons (Fsp3) is 0.150. The van der Waals surface area contributed by atoms with Crippen molar-refractivity contribution in [2.75, 3.05) is 0 Å². The number of nitro groups is 1. The van der Waals surface area contributed by atoms with Crippen LogP contribution < -0.4 is 0 Å². The smallest absolute Gasteiger partial charge is 0.372 e. The number of aliphatic carboxylic acids is 1. The number of H-pyrrole nitrogens is 1. The van der Waals surface area contributed by atoms with Crippen molar-refractivity contribution in [3.8, 4) is 0 Å². The minimum Gasteiger partial charge on any atom is -0.477 e. The van der Waals surface area contributed by atoms with Crippen molar-refractivity contribution in [2.24, 2.45) is 0 Å². The molecule has 2 aromatic carbocycles. The number of carboxylic acids is 2. The van der Waals surface area contributed by atoms with Gasteiger partial charge in [-0.15, -0.1) is 0 Å². The van der Waals surface area contributed by atoms with Gasteiger partial charge in [0.05, 0.1) is 11.3 Å². The first kappa shape index (κ1) is 21.3. The van der Waals surface area contributed by atoms with E-state index in [4.69, 9.17) is 10.2 Å². The Morgan fingerprint density at radius 1 is 1.03 bits per heavy atom. The number of nitrogens with one attached hydrogen (secondary N) is 1. The van der Waals surface area contributed by atoms with E-state index in [1.807, 2.05) is 25.1 Å². The molecule has 0 unspecified atom stereocenters. The molecule has 0 saturated heterocycles. The zero-order valence-electron chi connectivity index (χ0n) is 15.6. The first-order valence-corrected chi connectivity index (χ1v) is 8.42. The summed E-state index contributed by atoms with van der Waals surface area (Å²) >= 11 is 0. The van der Waals surface area contributed by atoms with E-state index < -0.39 is 29.1 Å². The molecule has 9 heteroatoms. The van der Waals surface area contributed by atoms with Crippen LogP contribution in [-0.4, -0.2) is 37.8 Å². The van der Waals surface area contributed by atoms with Crippen molar-refractivity contribution in [3.63, 3.8) is 0 Å². The highest BCUT2D eigenvalue weighted by molar-refractivity contribution is 6.33. The van der Waals surface area contributed by atoms with Gasteiger partial charge in [0.15, 0.2) is 0 Å². The van der Waals surface area contributed by atoms with E-state index in [9.17, 15) is 24.5 Å². The van der Waals surface area contributed by atoms with Gasteiger partial charge in [0.1, 0.15) is 5.69 Å². The summed E-state index contributed by atoms with van der Waals surface area (Å²) in [5.74, 6) is -3.56. The minimum atomic E-state index is -1.59. The lowest BCUT2D eigenvalue weighted by Crippen LogP contribution is -2.16. The lowest BCUT2D eigenvalue weighted by molar-refractivity contribution is -0.385. The second-order valence-corrected chi connectivity index (χ2v) is 6.26. The number of nitrogens with zero attached hydrogens (tertiary/aromatic N) is 1. The Hall–Kier alpha value is -4.01. The molecule has 0 aliphatic rings. The Bertz CT molecular complexity index is 1120. The first-order chi connectivity index (χ1) is 13.6. The number of hydrogen-bond donors (Lipinski definition) is 3. The largest absolute Gasteiger partial charge is 0.477 e. The SMILES string of the molecule is Cc1cccc([N+](=O)[O-])c1CC(=O)C(=O)O.Cc1cccc2[nH]c(C(=O)O)cc12. The van der Waals surface area contributed by atoms with E-state index in [0.29, 0.717) is 5.56 Å². The maximum absolute atomic E-state index is 11.0. The number of rotatable bonds is 5. The van der Waals surface area contributed by atoms with Gasteiger partial charge >= 0.3 is 11.9 Å². The summed E-state index contributed by atoms with van der Waals surface area (Å²) in [7, 11) is 0. The molecule has 0 aliphatic carbocycles. The van der Waals surface area contributed by atoms with Gasteiger partial charge in [0, 0.05) is 22.5 Å². The molecule has 150 valence electrons. The molecule has 0 radical (unpaired) electrons. The van der Waals surface area contributed by atoms with Crippen LogP contribution in [0, 0.1) is 24.0 Å². The molecule has 0 bridgehead atoms. The van der Waals surface area contributed by atoms with Crippen molar-refractivity contribution in [2.45, 2.75) is 20.3 Å². The number of ketones is 1. The number of carbonyl (C=O) groups is 3. The average Bonchev–Trinajstić information content (AvgIpc) is 3.09. The molecule has 3 aromatic rings. The third kappa shape index (κ3) is 5.04. The number of carbonyl (C=O) groups excluding carboxylic acids is 1. The molecule has 9 nitrogen and oxygen atoms in total. The number of carboxylic acid groups (broad SMARTS) is 2. The standard InChI is InChI=1S/C10H9NO5.C10H9NO2/c1-6-3-2-4-8(11(15)16)7(6)5-9(12)10(13)14;1-6-3-2-4-8-7(6)5-9(11-8)10(12)13/h2-4H,5H2,1H3,(H,13,14);2-5,11H,1H3,(H,12,13). The maximum atomic E-state index is 11.0. The van der Waals surface area contributed by atoms with Crippen molar-refractivity contribution in [1.29, 1.82) is 0 Å². The van der Waals surface area contributed by atoms with E-state index in [1.54, 1.807) is 19.1 Å². The van der Waals surface area contributed by atoms with Gasteiger partial charge in [-0.25, -0.2) is 9.59 Å². The van der Waals surface area contributed by atoms with Gasteiger partial charge in [-0.1, -0.05) is 24.3 Å². The number of Topliss-reactive ketones (excluding diaryl/α,β-unsaturated/α-hetero) is 1. The van der Waals surface area contributed by atoms with Crippen LogP contribution in [0.25, 0.3) is 10.9 Å². The van der Waals surface area contributed by atoms with Crippen molar-refractivity contribution in [3.05, 3.63) is 75.0 Å². The van der Waals surface area contributed by atoms with Crippen LogP contribution in [0.1, 0.15) is 27.2 Å². The molecular formula is C20H18N2O7. The summed E-state index contributed by atoms with van der Waals surface area (Å²) in [6.45, 7) is 3.55. The predicted molar refractivity (Wildman–Crippen MR) is 104 cm³/mol. The molecule has 0 saturated carbocycles. The number of aromatic amines is 1. The number of nitro benzene ring substituents is 1. The lowest BCUT2D eigenvalue weighted by Gasteiger charge is -2.03. The number of aromatic carboxylic acids is 1. The number of aromatic nitrogens is 1. The number of fused-ring (bicyclic) bond motifs is 1. The predicted octanol–water partition coefficient (Wildman–Crippen LogP) is 3.27. The van der Waals surface area contributed by atoms with Crippen LogP contribution in [0.2, 0.25) is 0 Å². The van der Waals surface area contributed by atoms with Crippen LogP contribution in [0.5, 0.6) is 0 Å². The van der Waals surface area contributed by atoms with Gasteiger partial charge in [0.2, 0.25) is 5.78 Å². The van der Waals surface area contributed by atoms with Crippen LogP contribution >= 0.6 is 0 Å². The van der Waals surface area contributed by atoms with Crippen LogP contribution in [0.3, 0.4) is 0 Å². The van der Waals surface area contributed by atoms with Crippen molar-refractivity contribution >= 4 is 34.3 Å². The molecule has 0 fully saturated rings. The fourth-order valence-corrected chi connectivity index (χ4v) is 2.75. The Kier molecular flexibility index (Phi) is 6.45. The molecule has 1 heterocycles. The van der Waals surface area contributed by atoms with Crippen molar-refractivity contribution < 1.29 is 29.5 Å². The third-order valence-corrected chi connectivity index (χ3v) is 4.27. The van der Waals surface area contributed by atoms with E-state index in [0.717, 1.165) is 16.5 Å². The molecule has 0 spiro atoms.